The number of halogens is 1. The lowest BCUT2D eigenvalue weighted by Crippen LogP contribution is -2.14. The average molecular weight is 156 g/mol. The topological polar surface area (TPSA) is 52.0 Å². The van der Waals surface area contributed by atoms with Crippen LogP contribution in [0.1, 0.15) is 17.7 Å². The van der Waals surface area contributed by atoms with Crippen LogP contribution in [-0.4, -0.2) is 11.3 Å². The van der Waals surface area contributed by atoms with E-state index < -0.39 is 6.17 Å². The number of aryl methyl sites for hydroxylation is 1. The lowest BCUT2D eigenvalue weighted by Gasteiger charge is -2.12. The highest BCUT2D eigenvalue weighted by Gasteiger charge is 2.23. The Kier molecular flexibility index (Phi) is 1.34. The van der Waals surface area contributed by atoms with Gasteiger partial charge in [-0.2, -0.15) is 0 Å². The summed E-state index contributed by atoms with van der Waals surface area (Å²) in [6, 6.07) is 0. The van der Waals surface area contributed by atoms with Gasteiger partial charge >= 0.3 is 0 Å². The molecule has 1 aliphatic rings. The van der Waals surface area contributed by atoms with E-state index in [4.69, 9.17) is 10.3 Å². The molecule has 0 radical (unpaired) electrons. The maximum absolute atomic E-state index is 12.8. The van der Waals surface area contributed by atoms with E-state index in [1.54, 1.807) is 0 Å². The number of hydrogen-bond acceptors (Lipinski definition) is 3. The molecule has 1 aromatic rings. The van der Waals surface area contributed by atoms with Crippen LogP contribution in [-0.2, 0) is 12.8 Å². The Morgan fingerprint density at radius 2 is 2.45 bits per heavy atom. The molecular weight excluding hydrogens is 147 g/mol. The van der Waals surface area contributed by atoms with Gasteiger partial charge in [0.25, 0.3) is 0 Å². The van der Waals surface area contributed by atoms with Crippen LogP contribution in [0, 0.1) is 0 Å². The maximum atomic E-state index is 12.8. The largest absolute Gasteiger partial charge is 0.381 e. The second-order valence-corrected chi connectivity index (χ2v) is 2.81. The second-order valence-electron chi connectivity index (χ2n) is 2.81. The Morgan fingerprint density at radius 1 is 1.64 bits per heavy atom. The summed E-state index contributed by atoms with van der Waals surface area (Å²) in [7, 11) is 0. The second kappa shape index (κ2) is 2.22. The number of nitrogen functional groups attached to an aromatic ring is 1. The minimum Gasteiger partial charge on any atom is -0.381 e. The van der Waals surface area contributed by atoms with Gasteiger partial charge in [0.15, 0.2) is 5.82 Å². The number of nitrogens with two attached hydrogens (primary N) is 1. The van der Waals surface area contributed by atoms with Crippen LogP contribution in [0.5, 0.6) is 0 Å². The zero-order valence-corrected chi connectivity index (χ0v) is 6.01. The van der Waals surface area contributed by atoms with Gasteiger partial charge in [-0.15, -0.1) is 0 Å². The number of nitrogens with zero attached hydrogens (tertiary/aromatic N) is 1. The van der Waals surface area contributed by atoms with Crippen molar-refractivity contribution in [2.24, 2.45) is 0 Å². The summed E-state index contributed by atoms with van der Waals surface area (Å²) in [5.41, 5.74) is 6.22. The predicted octanol–water partition coefficient (Wildman–Crippen LogP) is 1.08. The first-order valence-corrected chi connectivity index (χ1v) is 3.64. The van der Waals surface area contributed by atoms with Gasteiger partial charge in [0.05, 0.1) is 0 Å². The summed E-state index contributed by atoms with van der Waals surface area (Å²) in [6.07, 6.45) is 0.747. The molecule has 1 aliphatic carbocycles. The van der Waals surface area contributed by atoms with Gasteiger partial charge in [-0.3, -0.25) is 0 Å². The third-order valence-electron chi connectivity index (χ3n) is 2.01. The molecule has 0 amide bonds. The van der Waals surface area contributed by atoms with Crippen molar-refractivity contribution in [2.45, 2.75) is 25.4 Å². The summed E-state index contributed by atoms with van der Waals surface area (Å²) < 4.78 is 17.7. The first-order valence-electron chi connectivity index (χ1n) is 3.64. The molecule has 1 aromatic heterocycles. The number of anilines is 1. The highest BCUT2D eigenvalue weighted by Crippen LogP contribution is 2.26. The molecule has 0 fully saturated rings. The minimum atomic E-state index is -0.774. The van der Waals surface area contributed by atoms with Crippen molar-refractivity contribution in [3.63, 3.8) is 0 Å². The lowest BCUT2D eigenvalue weighted by molar-refractivity contribution is 0.279. The standard InChI is InChI=1S/C7H9FN2O/c8-4-1-2-6-5(3-4)7(9)10-11-6/h4H,1-3H2,(H2,9,10). The maximum Gasteiger partial charge on any atom is 0.170 e. The number of fused-ring (bicyclic) bond motifs is 1. The summed E-state index contributed by atoms with van der Waals surface area (Å²) in [6.45, 7) is 0. The molecule has 0 aromatic carbocycles. The zero-order valence-electron chi connectivity index (χ0n) is 6.01. The van der Waals surface area contributed by atoms with E-state index in [1.165, 1.54) is 0 Å². The first-order chi connectivity index (χ1) is 5.27. The molecule has 1 atom stereocenters. The quantitative estimate of drug-likeness (QED) is 0.611. The molecule has 0 aliphatic heterocycles. The Bertz CT molecular complexity index is 271. The molecule has 3 nitrogen and oxygen atoms in total. The predicted molar refractivity (Wildman–Crippen MR) is 37.8 cm³/mol. The molecule has 0 saturated heterocycles. The van der Waals surface area contributed by atoms with Gasteiger partial charge in [-0.05, 0) is 6.42 Å². The molecule has 0 bridgehead atoms. The molecule has 2 N–H and O–H groups in total. The fourth-order valence-electron chi connectivity index (χ4n) is 1.38. The van der Waals surface area contributed by atoms with E-state index in [1.807, 2.05) is 0 Å². The van der Waals surface area contributed by atoms with Crippen molar-refractivity contribution in [2.75, 3.05) is 5.73 Å². The smallest absolute Gasteiger partial charge is 0.170 e. The minimum absolute atomic E-state index is 0.349. The normalized spacial score (nSPS) is 23.2. The number of aromatic nitrogens is 1. The van der Waals surface area contributed by atoms with E-state index in [2.05, 4.69) is 5.16 Å². The zero-order chi connectivity index (χ0) is 7.84. The van der Waals surface area contributed by atoms with Crippen LogP contribution in [0.15, 0.2) is 4.52 Å². The molecule has 2 rings (SSSR count). The van der Waals surface area contributed by atoms with Crippen LogP contribution in [0.25, 0.3) is 0 Å². The van der Waals surface area contributed by atoms with Gasteiger partial charge < -0.3 is 10.3 Å². The molecule has 0 saturated carbocycles. The van der Waals surface area contributed by atoms with Gasteiger partial charge in [-0.25, -0.2) is 4.39 Å². The van der Waals surface area contributed by atoms with Crippen molar-refractivity contribution in [1.29, 1.82) is 0 Å². The van der Waals surface area contributed by atoms with Gasteiger partial charge in [0.2, 0.25) is 0 Å². The van der Waals surface area contributed by atoms with Gasteiger partial charge in [-0.1, -0.05) is 5.16 Å². The Balaban J connectivity index is 2.37. The lowest BCUT2D eigenvalue weighted by atomic mass is 9.97. The average Bonchev–Trinajstić information content (AvgIpc) is 2.33. The molecular formula is C7H9FN2O. The molecule has 11 heavy (non-hydrogen) atoms. The van der Waals surface area contributed by atoms with E-state index >= 15 is 0 Å². The van der Waals surface area contributed by atoms with Crippen molar-refractivity contribution in [3.05, 3.63) is 11.3 Å². The van der Waals surface area contributed by atoms with E-state index in [0.717, 1.165) is 11.3 Å². The number of hydrogen-bond donors (Lipinski definition) is 1. The summed E-state index contributed by atoms with van der Waals surface area (Å²) in [4.78, 5) is 0. The van der Waals surface area contributed by atoms with Crippen LogP contribution in [0.3, 0.4) is 0 Å². The van der Waals surface area contributed by atoms with Gasteiger partial charge in [0, 0.05) is 18.4 Å². The van der Waals surface area contributed by atoms with E-state index in [-0.39, 0.29) is 0 Å². The highest BCUT2D eigenvalue weighted by atomic mass is 19.1. The summed E-state index contributed by atoms with van der Waals surface area (Å²) >= 11 is 0. The van der Waals surface area contributed by atoms with Crippen LogP contribution < -0.4 is 5.73 Å². The Hall–Kier alpha value is -1.06. The molecule has 1 unspecified atom stereocenters. The van der Waals surface area contributed by atoms with E-state index in [9.17, 15) is 4.39 Å². The number of rotatable bonds is 0. The Labute approximate surface area is 63.4 Å². The van der Waals surface area contributed by atoms with Crippen LogP contribution >= 0.6 is 0 Å². The van der Waals surface area contributed by atoms with Crippen molar-refractivity contribution >= 4 is 5.82 Å². The SMILES string of the molecule is Nc1noc2c1CC(F)CC2. The third-order valence-corrected chi connectivity index (χ3v) is 2.01. The van der Waals surface area contributed by atoms with Crippen molar-refractivity contribution < 1.29 is 8.91 Å². The van der Waals surface area contributed by atoms with Crippen LogP contribution in [0.2, 0.25) is 0 Å². The Morgan fingerprint density at radius 3 is 3.27 bits per heavy atom. The van der Waals surface area contributed by atoms with E-state index in [0.29, 0.717) is 25.1 Å². The van der Waals surface area contributed by atoms with Gasteiger partial charge in [0.1, 0.15) is 11.9 Å². The molecule has 0 spiro atoms. The van der Waals surface area contributed by atoms with Crippen molar-refractivity contribution in [3.8, 4) is 0 Å². The fourth-order valence-corrected chi connectivity index (χ4v) is 1.38. The van der Waals surface area contributed by atoms with Crippen molar-refractivity contribution in [1.82, 2.24) is 5.16 Å². The third kappa shape index (κ3) is 0.982. The summed E-state index contributed by atoms with van der Waals surface area (Å²) in [5.74, 6) is 1.11. The summed E-state index contributed by atoms with van der Waals surface area (Å²) in [5, 5.41) is 3.57. The van der Waals surface area contributed by atoms with Crippen LogP contribution in [0.4, 0.5) is 10.2 Å². The fraction of sp³-hybridized carbons (Fsp3) is 0.571. The monoisotopic (exact) mass is 156 g/mol. The molecule has 4 heteroatoms. The number of alkyl halides is 1. The molecule has 60 valence electrons. The first kappa shape index (κ1) is 6.64. The molecule has 1 heterocycles. The highest BCUT2D eigenvalue weighted by molar-refractivity contribution is 5.42.